The second-order valence-corrected chi connectivity index (χ2v) is 4.42. The zero-order chi connectivity index (χ0) is 10.8. The van der Waals surface area contributed by atoms with Crippen LogP contribution in [0.1, 0.15) is 37.0 Å². The molecule has 0 amide bonds. The Hall–Kier alpha value is -1.08. The van der Waals surface area contributed by atoms with E-state index in [9.17, 15) is 5.11 Å². The largest absolute Gasteiger partial charge is 0.388 e. The highest BCUT2D eigenvalue weighted by Gasteiger charge is 2.30. The lowest BCUT2D eigenvalue weighted by atomic mass is 9.94. The van der Waals surface area contributed by atoms with Crippen LogP contribution in [0.2, 0.25) is 0 Å². The Labute approximate surface area is 91.4 Å². The summed E-state index contributed by atoms with van der Waals surface area (Å²) in [6.07, 6.45) is 2.67. The normalized spacial score (nSPS) is 23.9. The van der Waals surface area contributed by atoms with Crippen molar-refractivity contribution in [3.8, 4) is 0 Å². The first-order valence-corrected chi connectivity index (χ1v) is 5.65. The molecule has 1 aliphatic rings. The van der Waals surface area contributed by atoms with E-state index in [4.69, 9.17) is 0 Å². The summed E-state index contributed by atoms with van der Waals surface area (Å²) in [7, 11) is 0. The lowest BCUT2D eigenvalue weighted by Crippen LogP contribution is -2.07. The number of hydrogen-bond acceptors (Lipinski definition) is 1. The zero-order valence-corrected chi connectivity index (χ0v) is 9.24. The summed E-state index contributed by atoms with van der Waals surface area (Å²) in [5.74, 6) is 0.342. The Kier molecular flexibility index (Phi) is 2.92. The SMILES string of the molecule is C=C(CC)CC1Cc2ccccc2C1O. The molecule has 0 spiro atoms. The second-order valence-electron chi connectivity index (χ2n) is 4.42. The summed E-state index contributed by atoms with van der Waals surface area (Å²) in [5, 5.41) is 10.1. The molecular weight excluding hydrogens is 184 g/mol. The predicted octanol–water partition coefficient (Wildman–Crippen LogP) is 3.25. The van der Waals surface area contributed by atoms with E-state index in [2.05, 4.69) is 19.6 Å². The van der Waals surface area contributed by atoms with Crippen LogP contribution in [0.5, 0.6) is 0 Å². The number of benzene rings is 1. The fourth-order valence-corrected chi connectivity index (χ4v) is 2.36. The standard InChI is InChI=1S/C14H18O/c1-3-10(2)8-12-9-11-6-4-5-7-13(11)14(12)15/h4-7,12,14-15H,2-3,8-9H2,1H3. The van der Waals surface area contributed by atoms with Gasteiger partial charge in [-0.05, 0) is 36.3 Å². The summed E-state index contributed by atoms with van der Waals surface area (Å²) in [5.41, 5.74) is 3.66. The molecule has 1 N–H and O–H groups in total. The third kappa shape index (κ3) is 1.98. The van der Waals surface area contributed by atoms with Gasteiger partial charge < -0.3 is 5.11 Å². The molecule has 1 aromatic rings. The Morgan fingerprint density at radius 1 is 1.47 bits per heavy atom. The Morgan fingerprint density at radius 2 is 2.20 bits per heavy atom. The summed E-state index contributed by atoms with van der Waals surface area (Å²) in [6.45, 7) is 6.14. The Morgan fingerprint density at radius 3 is 2.87 bits per heavy atom. The first-order valence-electron chi connectivity index (χ1n) is 5.65. The van der Waals surface area contributed by atoms with Crippen molar-refractivity contribution in [3.05, 3.63) is 47.5 Å². The van der Waals surface area contributed by atoms with Crippen molar-refractivity contribution in [3.63, 3.8) is 0 Å². The van der Waals surface area contributed by atoms with Gasteiger partial charge in [-0.1, -0.05) is 43.3 Å². The van der Waals surface area contributed by atoms with Crippen LogP contribution in [-0.2, 0) is 6.42 Å². The molecule has 2 unspecified atom stereocenters. The molecule has 0 bridgehead atoms. The lowest BCUT2D eigenvalue weighted by molar-refractivity contribution is 0.123. The maximum atomic E-state index is 10.1. The van der Waals surface area contributed by atoms with E-state index in [1.165, 1.54) is 11.1 Å². The summed E-state index contributed by atoms with van der Waals surface area (Å²) >= 11 is 0. The summed E-state index contributed by atoms with van der Waals surface area (Å²) < 4.78 is 0. The molecule has 1 heteroatoms. The van der Waals surface area contributed by atoms with Crippen molar-refractivity contribution in [2.24, 2.45) is 5.92 Å². The Balaban J connectivity index is 2.13. The molecule has 0 aromatic heterocycles. The van der Waals surface area contributed by atoms with Crippen molar-refractivity contribution in [2.75, 3.05) is 0 Å². The van der Waals surface area contributed by atoms with Crippen LogP contribution in [0.3, 0.4) is 0 Å². The molecule has 1 aromatic carbocycles. The van der Waals surface area contributed by atoms with E-state index in [1.807, 2.05) is 18.2 Å². The van der Waals surface area contributed by atoms with Crippen molar-refractivity contribution >= 4 is 0 Å². The van der Waals surface area contributed by atoms with Crippen LogP contribution in [0.15, 0.2) is 36.4 Å². The molecule has 0 aliphatic heterocycles. The Bertz CT molecular complexity index is 367. The smallest absolute Gasteiger partial charge is 0.0827 e. The minimum atomic E-state index is -0.288. The highest BCUT2D eigenvalue weighted by molar-refractivity contribution is 5.34. The predicted molar refractivity (Wildman–Crippen MR) is 62.6 cm³/mol. The average molecular weight is 202 g/mol. The number of rotatable bonds is 3. The van der Waals surface area contributed by atoms with Gasteiger partial charge in [-0.15, -0.1) is 0 Å². The van der Waals surface area contributed by atoms with E-state index < -0.39 is 0 Å². The average Bonchev–Trinajstić information content (AvgIpc) is 2.57. The maximum Gasteiger partial charge on any atom is 0.0827 e. The van der Waals surface area contributed by atoms with Crippen LogP contribution in [0.4, 0.5) is 0 Å². The van der Waals surface area contributed by atoms with Gasteiger partial charge >= 0.3 is 0 Å². The van der Waals surface area contributed by atoms with Crippen LogP contribution in [-0.4, -0.2) is 5.11 Å². The van der Waals surface area contributed by atoms with E-state index in [0.717, 1.165) is 24.8 Å². The number of fused-ring (bicyclic) bond motifs is 1. The van der Waals surface area contributed by atoms with E-state index >= 15 is 0 Å². The first-order chi connectivity index (χ1) is 7.22. The molecule has 0 heterocycles. The third-order valence-corrected chi connectivity index (χ3v) is 3.35. The fraction of sp³-hybridized carbons (Fsp3) is 0.429. The molecule has 1 aliphatic carbocycles. The third-order valence-electron chi connectivity index (χ3n) is 3.35. The van der Waals surface area contributed by atoms with E-state index in [-0.39, 0.29) is 6.10 Å². The molecule has 0 saturated carbocycles. The van der Waals surface area contributed by atoms with Gasteiger partial charge in [-0.25, -0.2) is 0 Å². The minimum Gasteiger partial charge on any atom is -0.388 e. The van der Waals surface area contributed by atoms with Crippen molar-refractivity contribution in [1.29, 1.82) is 0 Å². The molecular formula is C14H18O. The van der Waals surface area contributed by atoms with Gasteiger partial charge in [-0.3, -0.25) is 0 Å². The molecule has 2 rings (SSSR count). The molecule has 2 atom stereocenters. The first kappa shape index (κ1) is 10.4. The highest BCUT2D eigenvalue weighted by Crippen LogP contribution is 2.39. The highest BCUT2D eigenvalue weighted by atomic mass is 16.3. The van der Waals surface area contributed by atoms with Crippen molar-refractivity contribution < 1.29 is 5.11 Å². The van der Waals surface area contributed by atoms with Crippen LogP contribution < -0.4 is 0 Å². The van der Waals surface area contributed by atoms with Gasteiger partial charge in [0.2, 0.25) is 0 Å². The van der Waals surface area contributed by atoms with Crippen LogP contribution in [0.25, 0.3) is 0 Å². The molecule has 15 heavy (non-hydrogen) atoms. The van der Waals surface area contributed by atoms with Gasteiger partial charge in [0.1, 0.15) is 0 Å². The summed E-state index contributed by atoms with van der Waals surface area (Å²) in [4.78, 5) is 0. The monoisotopic (exact) mass is 202 g/mol. The number of aliphatic hydroxyl groups excluding tert-OH is 1. The van der Waals surface area contributed by atoms with Crippen molar-refractivity contribution in [1.82, 2.24) is 0 Å². The molecule has 0 fully saturated rings. The number of allylic oxidation sites excluding steroid dienone is 1. The molecule has 0 saturated heterocycles. The number of hydrogen-bond donors (Lipinski definition) is 1. The maximum absolute atomic E-state index is 10.1. The van der Waals surface area contributed by atoms with E-state index in [1.54, 1.807) is 0 Å². The lowest BCUT2D eigenvalue weighted by Gasteiger charge is -2.15. The fourth-order valence-electron chi connectivity index (χ4n) is 2.36. The van der Waals surface area contributed by atoms with Gasteiger partial charge in [-0.2, -0.15) is 0 Å². The van der Waals surface area contributed by atoms with Crippen molar-refractivity contribution in [2.45, 2.75) is 32.3 Å². The molecule has 1 nitrogen and oxygen atoms in total. The minimum absolute atomic E-state index is 0.288. The second kappa shape index (κ2) is 4.19. The van der Waals surface area contributed by atoms with Gasteiger partial charge in [0.05, 0.1) is 6.10 Å². The van der Waals surface area contributed by atoms with E-state index in [0.29, 0.717) is 5.92 Å². The van der Waals surface area contributed by atoms with Crippen LogP contribution in [0, 0.1) is 5.92 Å². The van der Waals surface area contributed by atoms with Gasteiger partial charge in [0, 0.05) is 0 Å². The molecule has 80 valence electrons. The quantitative estimate of drug-likeness (QED) is 0.746. The van der Waals surface area contributed by atoms with Gasteiger partial charge in [0.25, 0.3) is 0 Å². The van der Waals surface area contributed by atoms with Crippen LogP contribution >= 0.6 is 0 Å². The summed E-state index contributed by atoms with van der Waals surface area (Å²) in [6, 6.07) is 8.20. The zero-order valence-electron chi connectivity index (χ0n) is 9.24. The topological polar surface area (TPSA) is 20.2 Å². The molecule has 0 radical (unpaired) electrons. The number of aliphatic hydroxyl groups is 1. The van der Waals surface area contributed by atoms with Gasteiger partial charge in [0.15, 0.2) is 0 Å².